The van der Waals surface area contributed by atoms with Crippen LogP contribution in [-0.4, -0.2) is 41.5 Å². The van der Waals surface area contributed by atoms with Gasteiger partial charge in [-0.05, 0) is 85.3 Å². The average Bonchev–Trinajstić information content (AvgIpc) is 3.33. The fourth-order valence-corrected chi connectivity index (χ4v) is 6.03. The molecule has 1 atom stereocenters. The molecule has 0 aromatic heterocycles. The molecule has 4 aromatic rings. The van der Waals surface area contributed by atoms with Crippen LogP contribution in [0.2, 0.25) is 0 Å². The maximum Gasteiger partial charge on any atom is 0.338 e. The van der Waals surface area contributed by atoms with Crippen LogP contribution >= 0.6 is 27.7 Å². The van der Waals surface area contributed by atoms with Gasteiger partial charge in [-0.2, -0.15) is 0 Å². The summed E-state index contributed by atoms with van der Waals surface area (Å²) in [6.07, 6.45) is 1.43. The lowest BCUT2D eigenvalue weighted by atomic mass is 10.1. The molecule has 0 spiro atoms. The third kappa shape index (κ3) is 8.21. The molecule has 0 saturated carbocycles. The van der Waals surface area contributed by atoms with E-state index in [1.807, 2.05) is 0 Å². The topological polar surface area (TPSA) is 122 Å². The number of benzene rings is 4. The van der Waals surface area contributed by atoms with Crippen LogP contribution in [0.1, 0.15) is 39.6 Å². The third-order valence-corrected chi connectivity index (χ3v) is 8.61. The Hall–Kier alpha value is -5.07. The molecule has 238 valence electrons. The molecule has 1 heterocycles. The molecule has 0 unspecified atom stereocenters. The van der Waals surface area contributed by atoms with E-state index in [2.05, 4.69) is 26.6 Å². The zero-order valence-electron chi connectivity index (χ0n) is 24.9. The first-order valence-corrected chi connectivity index (χ1v) is 16.1. The van der Waals surface area contributed by atoms with Gasteiger partial charge in [0.2, 0.25) is 11.8 Å². The molecular weight excluding hydrogens is 689 g/mol. The van der Waals surface area contributed by atoms with Gasteiger partial charge in [-0.25, -0.2) is 14.1 Å². The zero-order chi connectivity index (χ0) is 33.5. The molecule has 4 amide bonds. The van der Waals surface area contributed by atoms with Crippen molar-refractivity contribution in [2.45, 2.75) is 23.5 Å². The Labute approximate surface area is 282 Å². The largest absolute Gasteiger partial charge is 0.462 e. The number of carbonyl (C=O) groups is 5. The van der Waals surface area contributed by atoms with E-state index in [1.54, 1.807) is 55.5 Å². The molecule has 0 bridgehead atoms. The molecule has 4 aromatic carbocycles. The van der Waals surface area contributed by atoms with Gasteiger partial charge >= 0.3 is 5.97 Å². The molecule has 2 N–H and O–H groups in total. The number of esters is 1. The molecule has 1 fully saturated rings. The lowest BCUT2D eigenvalue weighted by molar-refractivity contribution is -0.121. The van der Waals surface area contributed by atoms with Gasteiger partial charge in [0.05, 0.1) is 28.7 Å². The second kappa shape index (κ2) is 15.0. The number of anilines is 2. The number of nitrogens with zero attached hydrogens (tertiary/aromatic N) is 1. The van der Waals surface area contributed by atoms with Gasteiger partial charge in [0, 0.05) is 21.5 Å². The normalized spacial score (nSPS) is 14.6. The Balaban J connectivity index is 1.30. The summed E-state index contributed by atoms with van der Waals surface area (Å²) in [6, 6.07) is 25.2. The molecule has 12 heteroatoms. The van der Waals surface area contributed by atoms with Crippen molar-refractivity contribution in [2.24, 2.45) is 0 Å². The predicted molar refractivity (Wildman–Crippen MR) is 180 cm³/mol. The molecule has 1 aliphatic heterocycles. The highest BCUT2D eigenvalue weighted by Gasteiger charge is 2.40. The van der Waals surface area contributed by atoms with Gasteiger partial charge in [0.15, 0.2) is 0 Å². The van der Waals surface area contributed by atoms with Gasteiger partial charge in [-0.1, -0.05) is 46.3 Å². The minimum Gasteiger partial charge on any atom is -0.462 e. The van der Waals surface area contributed by atoms with Crippen molar-refractivity contribution in [1.29, 1.82) is 0 Å². The summed E-state index contributed by atoms with van der Waals surface area (Å²) in [5.74, 6) is -3.48. The number of halogens is 2. The number of hydrogen-bond acceptors (Lipinski definition) is 7. The zero-order valence-corrected chi connectivity index (χ0v) is 27.3. The van der Waals surface area contributed by atoms with E-state index >= 15 is 0 Å². The molecule has 9 nitrogen and oxygen atoms in total. The summed E-state index contributed by atoms with van der Waals surface area (Å²) in [5, 5.41) is 4.55. The molecule has 0 aliphatic carbocycles. The Bertz CT molecular complexity index is 1880. The Morgan fingerprint density at radius 1 is 0.979 bits per heavy atom. The summed E-state index contributed by atoms with van der Waals surface area (Å²) >= 11 is 4.54. The van der Waals surface area contributed by atoms with Crippen LogP contribution in [0.25, 0.3) is 6.08 Å². The summed E-state index contributed by atoms with van der Waals surface area (Å²) in [7, 11) is 0. The predicted octanol–water partition coefficient (Wildman–Crippen LogP) is 6.60. The minimum atomic E-state index is -0.796. The number of hydrogen-bond donors (Lipinski definition) is 2. The number of imide groups is 1. The number of rotatable bonds is 10. The smallest absolute Gasteiger partial charge is 0.338 e. The Morgan fingerprint density at radius 2 is 1.70 bits per heavy atom. The first-order valence-electron chi connectivity index (χ1n) is 14.4. The summed E-state index contributed by atoms with van der Waals surface area (Å²) in [6.45, 7) is 1.92. The molecule has 1 aliphatic rings. The standard InChI is InChI=1S/C35H27BrFN3O6S/c1-2-46-35(45)22-12-16-25(17-13-22)40-31(41)20-30(34(40)44)47-26-7-5-6-24(19-26)38-33(43)29(18-21-10-14-23(36)15-11-21)39-32(42)27-8-3-4-9-28(27)37/h3-19,30H,2,20H2,1H3,(H,38,43)(H,39,42)/b29-18-/t30-/m0/s1. The van der Waals surface area contributed by atoms with Gasteiger partial charge in [-0.3, -0.25) is 19.2 Å². The maximum absolute atomic E-state index is 14.3. The monoisotopic (exact) mass is 715 g/mol. The fourth-order valence-electron chi connectivity index (χ4n) is 4.66. The lowest BCUT2D eigenvalue weighted by Gasteiger charge is -2.16. The average molecular weight is 717 g/mol. The van der Waals surface area contributed by atoms with Crippen molar-refractivity contribution in [3.05, 3.63) is 130 Å². The molecule has 0 radical (unpaired) electrons. The SMILES string of the molecule is CCOC(=O)c1ccc(N2C(=O)C[C@H](Sc3cccc(NC(=O)/C(=C/c4ccc(Br)cc4)NC(=O)c4ccccc4F)c3)C2=O)cc1. The number of carbonyl (C=O) groups excluding carboxylic acids is 5. The number of amides is 4. The van der Waals surface area contributed by atoms with Crippen LogP contribution in [0, 0.1) is 5.82 Å². The summed E-state index contributed by atoms with van der Waals surface area (Å²) in [4.78, 5) is 66.2. The van der Waals surface area contributed by atoms with E-state index in [0.29, 0.717) is 27.4 Å². The van der Waals surface area contributed by atoms with Crippen LogP contribution in [0.4, 0.5) is 15.8 Å². The van der Waals surface area contributed by atoms with Gasteiger partial charge in [0.1, 0.15) is 11.5 Å². The summed E-state index contributed by atoms with van der Waals surface area (Å²) in [5.41, 5.74) is 1.28. The van der Waals surface area contributed by atoms with Crippen LogP contribution in [-0.2, 0) is 19.1 Å². The van der Waals surface area contributed by atoms with E-state index in [4.69, 9.17) is 4.74 Å². The van der Waals surface area contributed by atoms with Crippen molar-refractivity contribution in [2.75, 3.05) is 16.8 Å². The van der Waals surface area contributed by atoms with E-state index in [9.17, 15) is 28.4 Å². The second-order valence-electron chi connectivity index (χ2n) is 10.2. The summed E-state index contributed by atoms with van der Waals surface area (Å²) < 4.78 is 20.1. The lowest BCUT2D eigenvalue weighted by Crippen LogP contribution is -2.31. The molecule has 1 saturated heterocycles. The Morgan fingerprint density at radius 3 is 2.40 bits per heavy atom. The van der Waals surface area contributed by atoms with Crippen molar-refractivity contribution in [1.82, 2.24) is 5.32 Å². The second-order valence-corrected chi connectivity index (χ2v) is 12.4. The van der Waals surface area contributed by atoms with Crippen molar-refractivity contribution >= 4 is 74.7 Å². The third-order valence-electron chi connectivity index (χ3n) is 6.90. The number of nitrogens with one attached hydrogen (secondary N) is 2. The van der Waals surface area contributed by atoms with Gasteiger partial charge < -0.3 is 15.4 Å². The van der Waals surface area contributed by atoms with Gasteiger partial charge in [-0.15, -0.1) is 11.8 Å². The number of thioether (sulfide) groups is 1. The molecule has 5 rings (SSSR count). The minimum absolute atomic E-state index is 0.0398. The highest BCUT2D eigenvalue weighted by molar-refractivity contribution is 9.10. The van der Waals surface area contributed by atoms with Crippen molar-refractivity contribution in [3.63, 3.8) is 0 Å². The highest BCUT2D eigenvalue weighted by Crippen LogP contribution is 2.35. The first-order chi connectivity index (χ1) is 22.6. The van der Waals surface area contributed by atoms with E-state index < -0.39 is 34.8 Å². The van der Waals surface area contributed by atoms with Crippen molar-refractivity contribution < 1.29 is 33.1 Å². The van der Waals surface area contributed by atoms with E-state index in [1.165, 1.54) is 60.3 Å². The highest BCUT2D eigenvalue weighted by atomic mass is 79.9. The van der Waals surface area contributed by atoms with Crippen LogP contribution < -0.4 is 15.5 Å². The Kier molecular flexibility index (Phi) is 10.6. The van der Waals surface area contributed by atoms with Crippen molar-refractivity contribution in [3.8, 4) is 0 Å². The molecule has 47 heavy (non-hydrogen) atoms. The maximum atomic E-state index is 14.3. The quantitative estimate of drug-likeness (QED) is 0.108. The van der Waals surface area contributed by atoms with E-state index in [0.717, 1.165) is 15.4 Å². The van der Waals surface area contributed by atoms with Gasteiger partial charge in [0.25, 0.3) is 11.8 Å². The fraction of sp³-hybridized carbons (Fsp3) is 0.114. The van der Waals surface area contributed by atoms with Crippen LogP contribution in [0.15, 0.2) is 112 Å². The first kappa shape index (κ1) is 33.3. The van der Waals surface area contributed by atoms with E-state index in [-0.39, 0.29) is 30.2 Å². The number of ether oxygens (including phenoxy) is 1. The van der Waals surface area contributed by atoms with Crippen LogP contribution in [0.3, 0.4) is 0 Å². The molecular formula is C35H27BrFN3O6S. The van der Waals surface area contributed by atoms with Crippen LogP contribution in [0.5, 0.6) is 0 Å².